The van der Waals surface area contributed by atoms with Crippen LogP contribution in [0.25, 0.3) is 0 Å². The van der Waals surface area contributed by atoms with Gasteiger partial charge in [-0.25, -0.2) is 4.39 Å². The molecule has 1 radical (unpaired) electrons. The van der Waals surface area contributed by atoms with E-state index in [2.05, 4.69) is 12.7 Å². The summed E-state index contributed by atoms with van der Waals surface area (Å²) in [5.41, 5.74) is 0.736. The molecule has 0 aliphatic carbocycles. The summed E-state index contributed by atoms with van der Waals surface area (Å²) in [4.78, 5) is 0. The second-order valence-electron chi connectivity index (χ2n) is 2.25. The molecule has 0 spiro atoms. The second kappa shape index (κ2) is 3.90. The van der Waals surface area contributed by atoms with E-state index >= 15 is 0 Å². The van der Waals surface area contributed by atoms with Crippen molar-refractivity contribution in [1.29, 1.82) is 0 Å². The van der Waals surface area contributed by atoms with Gasteiger partial charge in [0.1, 0.15) is 0 Å². The molecule has 0 aliphatic heterocycles. The molecule has 1 aromatic rings. The average molecular weight is 165 g/mol. The standard InChI is InChI=1S/C10H10FO/c1-3-8-5-6-9(11)10(7-8)12-4-2/h5-7H,1,4H2,2H3. The van der Waals surface area contributed by atoms with Crippen LogP contribution >= 0.6 is 0 Å². The number of hydrogen-bond donors (Lipinski definition) is 0. The topological polar surface area (TPSA) is 9.23 Å². The van der Waals surface area contributed by atoms with Crippen molar-refractivity contribution in [3.05, 3.63) is 42.2 Å². The van der Waals surface area contributed by atoms with E-state index in [0.717, 1.165) is 5.56 Å². The molecule has 0 heterocycles. The lowest BCUT2D eigenvalue weighted by Gasteiger charge is -2.04. The molecule has 1 aromatic carbocycles. The van der Waals surface area contributed by atoms with Crippen LogP contribution in [-0.4, -0.2) is 6.61 Å². The normalized spacial score (nSPS) is 9.50. The van der Waals surface area contributed by atoms with Crippen LogP contribution in [0.1, 0.15) is 12.5 Å². The molecule has 63 valence electrons. The molecule has 12 heavy (non-hydrogen) atoms. The lowest BCUT2D eigenvalue weighted by Crippen LogP contribution is -1.94. The van der Waals surface area contributed by atoms with Gasteiger partial charge in [-0.3, -0.25) is 0 Å². The summed E-state index contributed by atoms with van der Waals surface area (Å²) in [5, 5.41) is 0. The van der Waals surface area contributed by atoms with Crippen LogP contribution in [0, 0.1) is 11.9 Å². The van der Waals surface area contributed by atoms with Crippen LogP contribution in [0.15, 0.2) is 24.8 Å². The lowest BCUT2D eigenvalue weighted by molar-refractivity contribution is 0.321. The van der Waals surface area contributed by atoms with Crippen molar-refractivity contribution in [2.24, 2.45) is 0 Å². The minimum absolute atomic E-state index is 0.256. The van der Waals surface area contributed by atoms with Gasteiger partial charge in [0, 0.05) is 0 Å². The molecular formula is C10H10FO. The molecular weight excluding hydrogens is 155 g/mol. The molecule has 0 aliphatic rings. The van der Waals surface area contributed by atoms with Crippen LogP contribution < -0.4 is 4.74 Å². The van der Waals surface area contributed by atoms with E-state index in [1.807, 2.05) is 6.92 Å². The highest BCUT2D eigenvalue weighted by molar-refractivity contribution is 5.33. The number of benzene rings is 1. The first-order valence-corrected chi connectivity index (χ1v) is 3.73. The van der Waals surface area contributed by atoms with Gasteiger partial charge in [0.15, 0.2) is 11.6 Å². The van der Waals surface area contributed by atoms with Crippen molar-refractivity contribution in [1.82, 2.24) is 0 Å². The fourth-order valence-electron chi connectivity index (χ4n) is 0.879. The Kier molecular flexibility index (Phi) is 2.86. The van der Waals surface area contributed by atoms with E-state index in [4.69, 9.17) is 4.74 Å². The maximum absolute atomic E-state index is 12.9. The molecule has 0 atom stereocenters. The Morgan fingerprint density at radius 1 is 1.58 bits per heavy atom. The third kappa shape index (κ3) is 1.84. The highest BCUT2D eigenvalue weighted by Gasteiger charge is 2.01. The monoisotopic (exact) mass is 165 g/mol. The third-order valence-corrected chi connectivity index (χ3v) is 1.44. The van der Waals surface area contributed by atoms with Crippen molar-refractivity contribution in [2.75, 3.05) is 6.61 Å². The molecule has 2 heteroatoms. The van der Waals surface area contributed by atoms with E-state index in [1.54, 1.807) is 12.1 Å². The van der Waals surface area contributed by atoms with Gasteiger partial charge in [-0.15, -0.1) is 0 Å². The van der Waals surface area contributed by atoms with Gasteiger partial charge in [-0.1, -0.05) is 12.6 Å². The zero-order chi connectivity index (χ0) is 8.97. The van der Waals surface area contributed by atoms with Gasteiger partial charge < -0.3 is 4.74 Å². The fourth-order valence-corrected chi connectivity index (χ4v) is 0.879. The first kappa shape index (κ1) is 8.78. The van der Waals surface area contributed by atoms with Crippen molar-refractivity contribution in [2.45, 2.75) is 6.92 Å². The highest BCUT2D eigenvalue weighted by Crippen LogP contribution is 2.18. The largest absolute Gasteiger partial charge is 0.491 e. The SMILES string of the molecule is C=[C]c1ccc(F)c(OCC)c1. The van der Waals surface area contributed by atoms with Crippen molar-refractivity contribution in [3.8, 4) is 5.75 Å². The molecule has 1 nitrogen and oxygen atoms in total. The summed E-state index contributed by atoms with van der Waals surface area (Å²) in [6, 6.07) is 4.52. The zero-order valence-corrected chi connectivity index (χ0v) is 6.93. The van der Waals surface area contributed by atoms with Crippen LogP contribution in [-0.2, 0) is 0 Å². The molecule has 0 bridgehead atoms. The van der Waals surface area contributed by atoms with Gasteiger partial charge in [0.05, 0.1) is 6.61 Å². The van der Waals surface area contributed by atoms with Crippen LogP contribution in [0.5, 0.6) is 5.75 Å². The van der Waals surface area contributed by atoms with E-state index in [0.29, 0.717) is 6.61 Å². The van der Waals surface area contributed by atoms with Gasteiger partial charge in [-0.2, -0.15) is 0 Å². The molecule has 0 aromatic heterocycles. The first-order valence-electron chi connectivity index (χ1n) is 3.73. The fraction of sp³-hybridized carbons (Fsp3) is 0.200. The smallest absolute Gasteiger partial charge is 0.165 e. The van der Waals surface area contributed by atoms with Gasteiger partial charge in [0.25, 0.3) is 0 Å². The summed E-state index contributed by atoms with van der Waals surface area (Å²) in [6.45, 7) is 5.72. The van der Waals surface area contributed by atoms with Gasteiger partial charge >= 0.3 is 0 Å². The molecule has 0 saturated carbocycles. The Morgan fingerprint density at radius 2 is 2.33 bits per heavy atom. The third-order valence-electron chi connectivity index (χ3n) is 1.44. The van der Waals surface area contributed by atoms with Crippen molar-refractivity contribution < 1.29 is 9.13 Å². The molecule has 0 saturated heterocycles. The van der Waals surface area contributed by atoms with E-state index in [-0.39, 0.29) is 11.6 Å². The molecule has 0 amide bonds. The lowest BCUT2D eigenvalue weighted by atomic mass is 10.2. The predicted molar refractivity (Wildman–Crippen MR) is 45.5 cm³/mol. The Morgan fingerprint density at radius 3 is 2.92 bits per heavy atom. The molecule has 1 rings (SSSR count). The quantitative estimate of drug-likeness (QED) is 0.668. The van der Waals surface area contributed by atoms with E-state index in [9.17, 15) is 4.39 Å². The summed E-state index contributed by atoms with van der Waals surface area (Å²) in [5.74, 6) is -0.0954. The summed E-state index contributed by atoms with van der Waals surface area (Å²) in [6.07, 6.45) is 2.66. The average Bonchev–Trinajstić information content (AvgIpc) is 2.09. The molecule has 0 fully saturated rings. The van der Waals surface area contributed by atoms with Crippen LogP contribution in [0.2, 0.25) is 0 Å². The Hall–Kier alpha value is -1.31. The number of hydrogen-bond acceptors (Lipinski definition) is 1. The summed E-state index contributed by atoms with van der Waals surface area (Å²) >= 11 is 0. The Labute approximate surface area is 71.5 Å². The minimum Gasteiger partial charge on any atom is -0.491 e. The van der Waals surface area contributed by atoms with Crippen molar-refractivity contribution >= 4 is 0 Å². The maximum Gasteiger partial charge on any atom is 0.165 e. The zero-order valence-electron chi connectivity index (χ0n) is 6.93. The van der Waals surface area contributed by atoms with E-state index in [1.165, 1.54) is 6.07 Å². The Balaban J connectivity index is 2.99. The number of ether oxygens (including phenoxy) is 1. The number of halogens is 1. The summed E-state index contributed by atoms with van der Waals surface area (Å²) < 4.78 is 18.0. The molecule has 0 N–H and O–H groups in total. The van der Waals surface area contributed by atoms with Crippen LogP contribution in [0.4, 0.5) is 4.39 Å². The maximum atomic E-state index is 12.9. The second-order valence-corrected chi connectivity index (χ2v) is 2.25. The van der Waals surface area contributed by atoms with Crippen molar-refractivity contribution in [3.63, 3.8) is 0 Å². The first-order chi connectivity index (χ1) is 5.77. The number of rotatable bonds is 3. The van der Waals surface area contributed by atoms with Gasteiger partial charge in [0.2, 0.25) is 0 Å². The minimum atomic E-state index is -0.351. The highest BCUT2D eigenvalue weighted by atomic mass is 19.1. The predicted octanol–water partition coefficient (Wildman–Crippen LogP) is 2.56. The molecule has 0 unspecified atom stereocenters. The van der Waals surface area contributed by atoms with Gasteiger partial charge in [-0.05, 0) is 30.7 Å². The van der Waals surface area contributed by atoms with Crippen LogP contribution in [0.3, 0.4) is 0 Å². The summed E-state index contributed by atoms with van der Waals surface area (Å²) in [7, 11) is 0. The van der Waals surface area contributed by atoms with E-state index < -0.39 is 0 Å². The Bertz CT molecular complexity index is 281.